The van der Waals surface area contributed by atoms with Crippen LogP contribution in [-0.2, 0) is 0 Å². The Balaban J connectivity index is 2.40. The molecule has 10 heavy (non-hydrogen) atoms. The number of rotatable bonds is 0. The summed E-state index contributed by atoms with van der Waals surface area (Å²) in [6.07, 6.45) is 6.76. The Morgan fingerprint density at radius 3 is 2.40 bits per heavy atom. The molecule has 1 rings (SSSR count). The largest absolute Gasteiger partial charge is 0.390 e. The lowest BCUT2D eigenvalue weighted by atomic mass is 9.94. The molecule has 0 spiro atoms. The fourth-order valence-electron chi connectivity index (χ4n) is 1.12. The Kier molecular flexibility index (Phi) is 1.87. The minimum absolute atomic E-state index is 0.479. The minimum atomic E-state index is -0.479. The van der Waals surface area contributed by atoms with Gasteiger partial charge in [0.05, 0.1) is 5.60 Å². The molecule has 0 aromatic carbocycles. The Morgan fingerprint density at radius 1 is 1.50 bits per heavy atom. The van der Waals surface area contributed by atoms with Gasteiger partial charge in [-0.3, -0.25) is 0 Å². The van der Waals surface area contributed by atoms with Crippen molar-refractivity contribution in [2.45, 2.75) is 25.4 Å². The zero-order chi connectivity index (χ0) is 7.61. The summed E-state index contributed by atoms with van der Waals surface area (Å²) < 4.78 is 0. The summed E-state index contributed by atoms with van der Waals surface area (Å²) in [5.41, 5.74) is -0.479. The molecule has 1 aliphatic heterocycles. The van der Waals surface area contributed by atoms with Crippen LogP contribution in [0, 0.1) is 12.5 Å². The molecule has 1 saturated heterocycles. The first-order valence-electron chi connectivity index (χ1n) is 3.58. The van der Waals surface area contributed by atoms with Crippen molar-refractivity contribution in [3.05, 3.63) is 0 Å². The molecule has 0 radical (unpaired) electrons. The third kappa shape index (κ3) is 1.65. The van der Waals surface area contributed by atoms with E-state index >= 15 is 0 Å². The molecule has 0 amide bonds. The van der Waals surface area contributed by atoms with Gasteiger partial charge in [0.1, 0.15) is 0 Å². The zero-order valence-corrected chi connectivity index (χ0v) is 6.30. The number of hydrogen-bond donors (Lipinski definition) is 1. The summed E-state index contributed by atoms with van der Waals surface area (Å²) >= 11 is 0. The van der Waals surface area contributed by atoms with Crippen LogP contribution in [-0.4, -0.2) is 28.7 Å². The van der Waals surface area contributed by atoms with Crippen LogP contribution >= 0.6 is 0 Å². The smallest absolute Gasteiger partial charge is 0.0654 e. The molecule has 1 aliphatic rings. The van der Waals surface area contributed by atoms with E-state index < -0.39 is 5.60 Å². The van der Waals surface area contributed by atoms with Crippen LogP contribution in [0.2, 0.25) is 0 Å². The van der Waals surface area contributed by atoms with Crippen LogP contribution in [0.3, 0.4) is 0 Å². The highest BCUT2D eigenvalue weighted by molar-refractivity contribution is 4.91. The molecule has 1 N–H and O–H groups in total. The van der Waals surface area contributed by atoms with Gasteiger partial charge in [0.15, 0.2) is 0 Å². The first kappa shape index (κ1) is 7.43. The van der Waals surface area contributed by atoms with Crippen LogP contribution in [0.5, 0.6) is 0 Å². The van der Waals surface area contributed by atoms with E-state index in [1.165, 1.54) is 0 Å². The first-order chi connectivity index (χ1) is 4.64. The summed E-state index contributed by atoms with van der Waals surface area (Å²) in [6.45, 7) is 3.51. The van der Waals surface area contributed by atoms with Crippen molar-refractivity contribution < 1.29 is 5.11 Å². The van der Waals surface area contributed by atoms with Crippen LogP contribution in [0.4, 0.5) is 0 Å². The van der Waals surface area contributed by atoms with Crippen molar-refractivity contribution in [3.8, 4) is 12.5 Å². The van der Waals surface area contributed by atoms with Crippen molar-refractivity contribution in [1.29, 1.82) is 0 Å². The molecular weight excluding hydrogens is 126 g/mol. The molecule has 0 aromatic rings. The molecule has 0 bridgehead atoms. The average molecular weight is 139 g/mol. The molecule has 2 heteroatoms. The Morgan fingerprint density at radius 2 is 2.00 bits per heavy atom. The van der Waals surface area contributed by atoms with Gasteiger partial charge in [0, 0.05) is 19.1 Å². The van der Waals surface area contributed by atoms with E-state index in [2.05, 4.69) is 6.04 Å². The van der Waals surface area contributed by atoms with Crippen molar-refractivity contribution in [1.82, 2.24) is 4.90 Å². The van der Waals surface area contributed by atoms with Crippen molar-refractivity contribution >= 4 is 0 Å². The molecule has 0 aromatic heterocycles. The van der Waals surface area contributed by atoms with Gasteiger partial charge in [-0.05, 0) is 19.8 Å². The Hall–Kier alpha value is -0.680. The van der Waals surface area contributed by atoms with Crippen molar-refractivity contribution in [2.75, 3.05) is 13.1 Å². The number of hydrogen-bond acceptors (Lipinski definition) is 2. The number of nitrogens with zero attached hydrogens (tertiary/aromatic N) is 1. The topological polar surface area (TPSA) is 23.5 Å². The van der Waals surface area contributed by atoms with E-state index in [0.717, 1.165) is 25.9 Å². The van der Waals surface area contributed by atoms with Gasteiger partial charge in [-0.2, -0.15) is 0 Å². The number of terminal acetylenes is 1. The maximum absolute atomic E-state index is 9.49. The van der Waals surface area contributed by atoms with E-state index in [1.54, 1.807) is 0 Å². The molecule has 0 unspecified atom stereocenters. The number of likely N-dealkylation sites (tertiary alicyclic amines) is 1. The van der Waals surface area contributed by atoms with Gasteiger partial charge in [-0.1, -0.05) is 6.42 Å². The van der Waals surface area contributed by atoms with Crippen LogP contribution < -0.4 is 0 Å². The Labute approximate surface area is 61.8 Å². The zero-order valence-electron chi connectivity index (χ0n) is 6.30. The second-order valence-electron chi connectivity index (χ2n) is 3.11. The van der Waals surface area contributed by atoms with Gasteiger partial charge in [-0.25, -0.2) is 0 Å². The fraction of sp³-hybridized carbons (Fsp3) is 0.750. The summed E-state index contributed by atoms with van der Waals surface area (Å²) in [5.74, 6) is 0. The standard InChI is InChI=1S/C8H13NO/c1-3-9-6-4-8(2,10)5-7-9/h1,10H,4-7H2,2H3. The monoisotopic (exact) mass is 139 g/mol. The lowest BCUT2D eigenvalue weighted by Gasteiger charge is -2.33. The molecule has 56 valence electrons. The number of aliphatic hydroxyl groups is 1. The summed E-state index contributed by atoms with van der Waals surface area (Å²) in [6, 6.07) is 2.56. The highest BCUT2D eigenvalue weighted by Crippen LogP contribution is 2.19. The molecule has 1 fully saturated rings. The normalized spacial score (nSPS) is 23.9. The fourth-order valence-corrected chi connectivity index (χ4v) is 1.12. The van der Waals surface area contributed by atoms with E-state index in [-0.39, 0.29) is 0 Å². The third-order valence-corrected chi connectivity index (χ3v) is 2.02. The van der Waals surface area contributed by atoms with Gasteiger partial charge in [0.2, 0.25) is 0 Å². The van der Waals surface area contributed by atoms with Gasteiger partial charge in [-0.15, -0.1) is 0 Å². The van der Waals surface area contributed by atoms with Crippen LogP contribution in [0.15, 0.2) is 0 Å². The highest BCUT2D eigenvalue weighted by Gasteiger charge is 2.25. The van der Waals surface area contributed by atoms with E-state index in [9.17, 15) is 5.11 Å². The SMILES string of the molecule is C#CN1CCC(C)(O)CC1. The summed E-state index contributed by atoms with van der Waals surface area (Å²) in [5, 5.41) is 9.49. The third-order valence-electron chi connectivity index (χ3n) is 2.02. The van der Waals surface area contributed by atoms with E-state index in [1.807, 2.05) is 11.8 Å². The molecule has 0 aliphatic carbocycles. The van der Waals surface area contributed by atoms with Crippen molar-refractivity contribution in [3.63, 3.8) is 0 Å². The maximum Gasteiger partial charge on any atom is 0.0654 e. The molecule has 0 saturated carbocycles. The van der Waals surface area contributed by atoms with Gasteiger partial charge < -0.3 is 10.0 Å². The van der Waals surface area contributed by atoms with Gasteiger partial charge >= 0.3 is 0 Å². The quantitative estimate of drug-likeness (QED) is 0.492. The predicted octanol–water partition coefficient (Wildman–Crippen LogP) is 0.424. The number of piperidine rings is 1. The second-order valence-corrected chi connectivity index (χ2v) is 3.11. The lowest BCUT2D eigenvalue weighted by molar-refractivity contribution is 0.00778. The summed E-state index contributed by atoms with van der Waals surface area (Å²) in [7, 11) is 0. The molecular formula is C8H13NO. The van der Waals surface area contributed by atoms with E-state index in [4.69, 9.17) is 6.42 Å². The van der Waals surface area contributed by atoms with Crippen LogP contribution in [0.25, 0.3) is 0 Å². The van der Waals surface area contributed by atoms with Crippen molar-refractivity contribution in [2.24, 2.45) is 0 Å². The Bertz CT molecular complexity index is 147. The van der Waals surface area contributed by atoms with E-state index in [0.29, 0.717) is 0 Å². The average Bonchev–Trinajstić information content (AvgIpc) is 1.88. The van der Waals surface area contributed by atoms with Crippen LogP contribution in [0.1, 0.15) is 19.8 Å². The molecule has 0 atom stereocenters. The first-order valence-corrected chi connectivity index (χ1v) is 3.58. The predicted molar refractivity (Wildman–Crippen MR) is 40.3 cm³/mol. The second kappa shape index (κ2) is 2.51. The summed E-state index contributed by atoms with van der Waals surface area (Å²) in [4.78, 5) is 1.90. The molecule has 1 heterocycles. The highest BCUT2D eigenvalue weighted by atomic mass is 16.3. The lowest BCUT2D eigenvalue weighted by Crippen LogP contribution is -2.40. The van der Waals surface area contributed by atoms with Gasteiger partial charge in [0.25, 0.3) is 0 Å². The minimum Gasteiger partial charge on any atom is -0.390 e. The maximum atomic E-state index is 9.49. The molecule has 2 nitrogen and oxygen atoms in total.